The molecule has 0 aliphatic rings. The van der Waals surface area contributed by atoms with E-state index in [0.29, 0.717) is 17.2 Å². The Balaban J connectivity index is 1.90. The minimum absolute atomic E-state index is 0.108. The third-order valence-corrected chi connectivity index (χ3v) is 3.96. The summed E-state index contributed by atoms with van der Waals surface area (Å²) in [5, 5.41) is 16.9. The van der Waals surface area contributed by atoms with Crippen molar-refractivity contribution in [2.75, 3.05) is 7.11 Å². The lowest BCUT2D eigenvalue weighted by molar-refractivity contribution is 0.414. The number of benzene rings is 2. The number of aromatic nitrogens is 3. The van der Waals surface area contributed by atoms with Gasteiger partial charge < -0.3 is 15.6 Å². The molecule has 0 saturated carbocycles. The molecule has 0 radical (unpaired) electrons. The number of ether oxygens (including phenoxy) is 1. The van der Waals surface area contributed by atoms with Crippen molar-refractivity contribution < 1.29 is 9.84 Å². The second-order valence-corrected chi connectivity index (χ2v) is 5.87. The van der Waals surface area contributed by atoms with E-state index in [1.54, 1.807) is 25.3 Å². The number of methoxy groups -OCH3 is 1. The van der Waals surface area contributed by atoms with Crippen LogP contribution in [0.3, 0.4) is 0 Å². The Morgan fingerprint density at radius 2 is 1.96 bits per heavy atom. The molecule has 0 bridgehead atoms. The first-order chi connectivity index (χ1) is 11.1. The molecule has 4 N–H and O–H groups in total. The number of aromatic hydroxyl groups is 1. The van der Waals surface area contributed by atoms with Crippen molar-refractivity contribution in [1.82, 2.24) is 15.2 Å². The molecule has 6 nitrogen and oxygen atoms in total. The van der Waals surface area contributed by atoms with Crippen LogP contribution in [0.25, 0.3) is 11.4 Å². The number of nitrogens with two attached hydrogens (primary N) is 1. The fourth-order valence-corrected chi connectivity index (χ4v) is 2.55. The molecule has 0 fully saturated rings. The zero-order chi connectivity index (χ0) is 16.4. The molecule has 7 heteroatoms. The lowest BCUT2D eigenvalue weighted by Crippen LogP contribution is -2.13. The predicted molar refractivity (Wildman–Crippen MR) is 90.2 cm³/mol. The average Bonchev–Trinajstić information content (AvgIpc) is 3.06. The van der Waals surface area contributed by atoms with Crippen molar-refractivity contribution in [3.63, 3.8) is 0 Å². The minimum atomic E-state index is -0.448. The Hall–Kier alpha value is -2.38. The number of phenols is 1. The molecule has 0 spiro atoms. The highest BCUT2D eigenvalue weighted by molar-refractivity contribution is 9.10. The zero-order valence-corrected chi connectivity index (χ0v) is 13.9. The van der Waals surface area contributed by atoms with E-state index in [0.717, 1.165) is 15.8 Å². The Morgan fingerprint density at radius 3 is 2.65 bits per heavy atom. The van der Waals surface area contributed by atoms with Crippen LogP contribution >= 0.6 is 15.9 Å². The van der Waals surface area contributed by atoms with Gasteiger partial charge in [0.15, 0.2) is 5.82 Å². The Morgan fingerprint density at radius 1 is 1.22 bits per heavy atom. The minimum Gasteiger partial charge on any atom is -0.507 e. The molecule has 1 atom stereocenters. The zero-order valence-electron chi connectivity index (χ0n) is 12.3. The number of nitrogens with one attached hydrogen (secondary N) is 1. The van der Waals surface area contributed by atoms with Crippen molar-refractivity contribution in [2.45, 2.75) is 6.04 Å². The van der Waals surface area contributed by atoms with Crippen LogP contribution in [-0.2, 0) is 0 Å². The largest absolute Gasteiger partial charge is 0.507 e. The van der Waals surface area contributed by atoms with E-state index in [1.807, 2.05) is 24.3 Å². The lowest BCUT2D eigenvalue weighted by Gasteiger charge is -2.09. The summed E-state index contributed by atoms with van der Waals surface area (Å²) >= 11 is 3.37. The third-order valence-electron chi connectivity index (χ3n) is 3.47. The summed E-state index contributed by atoms with van der Waals surface area (Å²) in [4.78, 5) is 4.40. The standard InChI is InChI=1S/C16H15BrN4O2/c1-23-11-5-2-9(3-6-11)14(18)16-19-15(20-21-16)12-8-10(17)4-7-13(12)22/h2-8,14,22H,18H2,1H3,(H,19,20,21). The lowest BCUT2D eigenvalue weighted by atomic mass is 10.1. The number of rotatable bonds is 4. The van der Waals surface area contributed by atoms with E-state index < -0.39 is 6.04 Å². The Kier molecular flexibility index (Phi) is 4.31. The van der Waals surface area contributed by atoms with Gasteiger partial charge in [-0.2, -0.15) is 5.10 Å². The summed E-state index contributed by atoms with van der Waals surface area (Å²) in [5.41, 5.74) is 7.63. The van der Waals surface area contributed by atoms with Crippen LogP contribution in [-0.4, -0.2) is 27.4 Å². The normalized spacial score (nSPS) is 12.1. The van der Waals surface area contributed by atoms with E-state index >= 15 is 0 Å². The summed E-state index contributed by atoms with van der Waals surface area (Å²) < 4.78 is 5.96. The molecular formula is C16H15BrN4O2. The molecule has 0 saturated heterocycles. The summed E-state index contributed by atoms with van der Waals surface area (Å²) in [7, 11) is 1.61. The van der Waals surface area contributed by atoms with Crippen molar-refractivity contribution in [3.8, 4) is 22.9 Å². The van der Waals surface area contributed by atoms with Gasteiger partial charge in [-0.3, -0.25) is 5.10 Å². The van der Waals surface area contributed by atoms with Crippen LogP contribution in [0.2, 0.25) is 0 Å². The molecule has 118 valence electrons. The molecular weight excluding hydrogens is 360 g/mol. The second kappa shape index (κ2) is 6.39. The maximum atomic E-state index is 9.95. The van der Waals surface area contributed by atoms with Gasteiger partial charge in [-0.15, -0.1) is 0 Å². The van der Waals surface area contributed by atoms with Gasteiger partial charge in [0.1, 0.15) is 17.3 Å². The molecule has 1 aromatic heterocycles. The average molecular weight is 375 g/mol. The number of hydrogen-bond donors (Lipinski definition) is 3. The van der Waals surface area contributed by atoms with Gasteiger partial charge in [-0.1, -0.05) is 28.1 Å². The number of halogens is 1. The van der Waals surface area contributed by atoms with Crippen molar-refractivity contribution in [1.29, 1.82) is 0 Å². The molecule has 3 aromatic rings. The molecule has 1 heterocycles. The molecule has 2 aromatic carbocycles. The SMILES string of the molecule is COc1ccc(C(N)c2nc(-c3cc(Br)ccc3O)n[nH]2)cc1. The van der Waals surface area contributed by atoms with Crippen LogP contribution in [0.5, 0.6) is 11.5 Å². The fourth-order valence-electron chi connectivity index (χ4n) is 2.19. The summed E-state index contributed by atoms with van der Waals surface area (Å²) in [6, 6.07) is 12.1. The van der Waals surface area contributed by atoms with Gasteiger partial charge in [0.05, 0.1) is 18.7 Å². The van der Waals surface area contributed by atoms with E-state index in [-0.39, 0.29) is 5.75 Å². The number of aromatic amines is 1. The van der Waals surface area contributed by atoms with Crippen LogP contribution < -0.4 is 10.5 Å². The van der Waals surface area contributed by atoms with Gasteiger partial charge in [-0.25, -0.2) is 4.98 Å². The van der Waals surface area contributed by atoms with Gasteiger partial charge >= 0.3 is 0 Å². The summed E-state index contributed by atoms with van der Waals surface area (Å²) in [6.07, 6.45) is 0. The molecule has 0 aliphatic carbocycles. The monoisotopic (exact) mass is 374 g/mol. The van der Waals surface area contributed by atoms with E-state index in [9.17, 15) is 5.11 Å². The highest BCUT2D eigenvalue weighted by Gasteiger charge is 2.16. The number of H-pyrrole nitrogens is 1. The molecule has 0 aliphatic heterocycles. The first-order valence-electron chi connectivity index (χ1n) is 6.89. The van der Waals surface area contributed by atoms with Crippen LogP contribution in [0, 0.1) is 0 Å². The van der Waals surface area contributed by atoms with Gasteiger partial charge in [0.2, 0.25) is 0 Å². The molecule has 3 rings (SSSR count). The van der Waals surface area contributed by atoms with Crippen molar-refractivity contribution >= 4 is 15.9 Å². The quantitative estimate of drug-likeness (QED) is 0.651. The first-order valence-corrected chi connectivity index (χ1v) is 7.68. The maximum absolute atomic E-state index is 9.95. The summed E-state index contributed by atoms with van der Waals surface area (Å²) in [6.45, 7) is 0. The number of hydrogen-bond acceptors (Lipinski definition) is 5. The van der Waals surface area contributed by atoms with Crippen molar-refractivity contribution in [2.24, 2.45) is 5.73 Å². The van der Waals surface area contributed by atoms with Crippen LogP contribution in [0.15, 0.2) is 46.9 Å². The number of nitrogens with zero attached hydrogens (tertiary/aromatic N) is 2. The van der Waals surface area contributed by atoms with Gasteiger partial charge in [0, 0.05) is 4.47 Å². The maximum Gasteiger partial charge on any atom is 0.184 e. The van der Waals surface area contributed by atoms with E-state index in [4.69, 9.17) is 10.5 Å². The Bertz CT molecular complexity index is 817. The fraction of sp³-hybridized carbons (Fsp3) is 0.125. The summed E-state index contributed by atoms with van der Waals surface area (Å²) in [5.74, 6) is 1.78. The van der Waals surface area contributed by atoms with Gasteiger partial charge in [-0.05, 0) is 35.9 Å². The van der Waals surface area contributed by atoms with Gasteiger partial charge in [0.25, 0.3) is 0 Å². The predicted octanol–water partition coefficient (Wildman–Crippen LogP) is 3.00. The van der Waals surface area contributed by atoms with Crippen molar-refractivity contribution in [3.05, 3.63) is 58.3 Å². The molecule has 1 unspecified atom stereocenters. The second-order valence-electron chi connectivity index (χ2n) is 4.96. The Labute approximate surface area is 141 Å². The van der Waals surface area contributed by atoms with E-state index in [2.05, 4.69) is 31.1 Å². The topological polar surface area (TPSA) is 97.1 Å². The smallest absolute Gasteiger partial charge is 0.184 e. The molecule has 0 amide bonds. The van der Waals surface area contributed by atoms with Crippen LogP contribution in [0.4, 0.5) is 0 Å². The van der Waals surface area contributed by atoms with Crippen LogP contribution in [0.1, 0.15) is 17.4 Å². The first kappa shape index (κ1) is 15.5. The third kappa shape index (κ3) is 3.20. The highest BCUT2D eigenvalue weighted by atomic mass is 79.9. The molecule has 23 heavy (non-hydrogen) atoms. The van der Waals surface area contributed by atoms with E-state index in [1.165, 1.54) is 0 Å². The highest BCUT2D eigenvalue weighted by Crippen LogP contribution is 2.30. The number of phenolic OH excluding ortho intramolecular Hbond substituents is 1.